The molecule has 0 heterocycles. The summed E-state index contributed by atoms with van der Waals surface area (Å²) in [7, 11) is 4.10. The van der Waals surface area contributed by atoms with Crippen molar-refractivity contribution in [1.82, 2.24) is 4.90 Å². The van der Waals surface area contributed by atoms with Crippen molar-refractivity contribution in [3.8, 4) is 5.75 Å². The molecule has 0 bridgehead atoms. The van der Waals surface area contributed by atoms with E-state index in [9.17, 15) is 0 Å². The molecule has 0 spiro atoms. The highest BCUT2D eigenvalue weighted by atomic mass is 16.7. The Kier molecular flexibility index (Phi) is 7.15. The van der Waals surface area contributed by atoms with Gasteiger partial charge < -0.3 is 20.1 Å². The lowest BCUT2D eigenvalue weighted by atomic mass is 9.98. The molecule has 4 heteroatoms. The Morgan fingerprint density at radius 2 is 2.00 bits per heavy atom. The van der Waals surface area contributed by atoms with E-state index in [-0.39, 0.29) is 12.8 Å². The first kappa shape index (κ1) is 18.3. The van der Waals surface area contributed by atoms with Crippen LogP contribution in [0, 0.1) is 6.92 Å². The topological polar surface area (TPSA) is 47.7 Å². The van der Waals surface area contributed by atoms with Crippen LogP contribution in [0.1, 0.15) is 24.5 Å². The van der Waals surface area contributed by atoms with Crippen LogP contribution >= 0.6 is 0 Å². The average molecular weight is 304 g/mol. The van der Waals surface area contributed by atoms with Gasteiger partial charge in [0.2, 0.25) is 6.79 Å². The molecule has 0 aromatic heterocycles. The standard InChI is InChI=1S/C18H28N2O2/c1-13-8-7-9-17(22-12-21-16(4)15(3)19)18(13)14(2)10-11-20(5)6/h7-9,15H,2,4,10-12,19H2,1,3,5-6H3. The minimum Gasteiger partial charge on any atom is -0.461 e. The highest BCUT2D eigenvalue weighted by Gasteiger charge is 2.11. The number of nitrogens with zero attached hydrogens (tertiary/aromatic N) is 1. The van der Waals surface area contributed by atoms with Gasteiger partial charge in [-0.15, -0.1) is 0 Å². The van der Waals surface area contributed by atoms with E-state index >= 15 is 0 Å². The summed E-state index contributed by atoms with van der Waals surface area (Å²) in [6.07, 6.45) is 0.890. The fourth-order valence-corrected chi connectivity index (χ4v) is 2.00. The zero-order valence-corrected chi connectivity index (χ0v) is 14.2. The lowest BCUT2D eigenvalue weighted by Crippen LogP contribution is -2.20. The van der Waals surface area contributed by atoms with Gasteiger partial charge in [-0.25, -0.2) is 0 Å². The fraction of sp³-hybridized carbons (Fsp3) is 0.444. The maximum atomic E-state index is 5.75. The molecule has 4 nitrogen and oxygen atoms in total. The molecule has 0 fully saturated rings. The molecule has 122 valence electrons. The predicted octanol–water partition coefficient (Wildman–Crippen LogP) is 3.17. The number of aryl methyl sites for hydroxylation is 1. The number of nitrogens with two attached hydrogens (primary N) is 1. The summed E-state index contributed by atoms with van der Waals surface area (Å²) in [4.78, 5) is 2.14. The van der Waals surface area contributed by atoms with Gasteiger partial charge in [0.05, 0.1) is 6.04 Å². The van der Waals surface area contributed by atoms with Crippen molar-refractivity contribution < 1.29 is 9.47 Å². The molecule has 1 rings (SSSR count). The van der Waals surface area contributed by atoms with Crippen LogP contribution in [0.15, 0.2) is 37.1 Å². The second-order valence-electron chi connectivity index (χ2n) is 5.77. The van der Waals surface area contributed by atoms with Crippen molar-refractivity contribution in [3.63, 3.8) is 0 Å². The van der Waals surface area contributed by atoms with Gasteiger partial charge in [0.25, 0.3) is 0 Å². The third-order valence-corrected chi connectivity index (χ3v) is 3.42. The summed E-state index contributed by atoms with van der Waals surface area (Å²) in [5.74, 6) is 1.29. The molecular formula is C18H28N2O2. The third kappa shape index (κ3) is 5.54. The average Bonchev–Trinajstić information content (AvgIpc) is 2.44. The van der Waals surface area contributed by atoms with Gasteiger partial charge in [-0.2, -0.15) is 0 Å². The first-order valence-corrected chi connectivity index (χ1v) is 7.45. The summed E-state index contributed by atoms with van der Waals surface area (Å²) < 4.78 is 11.2. The molecule has 1 unspecified atom stereocenters. The molecule has 0 aliphatic rings. The van der Waals surface area contributed by atoms with Crippen LogP contribution in [0.25, 0.3) is 5.57 Å². The maximum Gasteiger partial charge on any atom is 0.230 e. The molecule has 1 atom stereocenters. The predicted molar refractivity (Wildman–Crippen MR) is 92.8 cm³/mol. The normalized spacial score (nSPS) is 12.1. The molecule has 0 aliphatic heterocycles. The van der Waals surface area contributed by atoms with Gasteiger partial charge in [0, 0.05) is 12.1 Å². The van der Waals surface area contributed by atoms with Gasteiger partial charge in [-0.05, 0) is 51.6 Å². The number of benzene rings is 1. The fourth-order valence-electron chi connectivity index (χ4n) is 2.00. The Morgan fingerprint density at radius 3 is 2.59 bits per heavy atom. The zero-order chi connectivity index (χ0) is 16.7. The van der Waals surface area contributed by atoms with Crippen LogP contribution in [0.2, 0.25) is 0 Å². The van der Waals surface area contributed by atoms with E-state index in [2.05, 4.69) is 45.1 Å². The number of ether oxygens (including phenoxy) is 2. The van der Waals surface area contributed by atoms with Crippen molar-refractivity contribution in [3.05, 3.63) is 48.2 Å². The molecule has 22 heavy (non-hydrogen) atoms. The SMILES string of the molecule is C=C(CCN(C)C)c1c(C)cccc1OCOC(=C)C(C)N. The summed E-state index contributed by atoms with van der Waals surface area (Å²) in [5, 5.41) is 0. The molecule has 0 aliphatic carbocycles. The molecule has 0 saturated heterocycles. The molecule has 0 saturated carbocycles. The van der Waals surface area contributed by atoms with Gasteiger partial charge in [-0.3, -0.25) is 0 Å². The zero-order valence-electron chi connectivity index (χ0n) is 14.2. The summed E-state index contributed by atoms with van der Waals surface area (Å²) in [6.45, 7) is 12.9. The van der Waals surface area contributed by atoms with E-state index in [1.807, 2.05) is 19.1 Å². The van der Waals surface area contributed by atoms with Gasteiger partial charge >= 0.3 is 0 Å². The molecule has 2 N–H and O–H groups in total. The lowest BCUT2D eigenvalue weighted by Gasteiger charge is -2.18. The second kappa shape index (κ2) is 8.61. The van der Waals surface area contributed by atoms with E-state index in [1.165, 1.54) is 0 Å². The van der Waals surface area contributed by atoms with E-state index in [1.54, 1.807) is 0 Å². The van der Waals surface area contributed by atoms with E-state index in [0.717, 1.165) is 35.4 Å². The third-order valence-electron chi connectivity index (χ3n) is 3.42. The maximum absolute atomic E-state index is 5.75. The van der Waals surface area contributed by atoms with Crippen molar-refractivity contribution in [1.29, 1.82) is 0 Å². The van der Waals surface area contributed by atoms with Gasteiger partial charge in [0.15, 0.2) is 0 Å². The van der Waals surface area contributed by atoms with Crippen molar-refractivity contribution in [2.24, 2.45) is 5.73 Å². The molecule has 0 amide bonds. The Bertz CT molecular complexity index is 522. The molecule has 0 radical (unpaired) electrons. The van der Waals surface area contributed by atoms with E-state index in [0.29, 0.717) is 5.76 Å². The monoisotopic (exact) mass is 304 g/mol. The Morgan fingerprint density at radius 1 is 1.32 bits per heavy atom. The quantitative estimate of drug-likeness (QED) is 0.562. The molecule has 1 aromatic carbocycles. The highest BCUT2D eigenvalue weighted by molar-refractivity contribution is 5.71. The highest BCUT2D eigenvalue weighted by Crippen LogP contribution is 2.30. The largest absolute Gasteiger partial charge is 0.461 e. The lowest BCUT2D eigenvalue weighted by molar-refractivity contribution is 0.0548. The van der Waals surface area contributed by atoms with E-state index < -0.39 is 0 Å². The molecule has 1 aromatic rings. The van der Waals surface area contributed by atoms with Crippen molar-refractivity contribution in [2.75, 3.05) is 27.4 Å². The first-order chi connectivity index (χ1) is 10.3. The minimum atomic E-state index is -0.212. The van der Waals surface area contributed by atoms with Crippen LogP contribution in [0.4, 0.5) is 0 Å². The van der Waals surface area contributed by atoms with Gasteiger partial charge in [-0.1, -0.05) is 25.3 Å². The Hall–Kier alpha value is -1.78. The summed E-state index contributed by atoms with van der Waals surface area (Å²) >= 11 is 0. The van der Waals surface area contributed by atoms with Crippen molar-refractivity contribution >= 4 is 5.57 Å². The van der Waals surface area contributed by atoms with E-state index in [4.69, 9.17) is 15.2 Å². The minimum absolute atomic E-state index is 0.0950. The number of hydrogen-bond donors (Lipinski definition) is 1. The number of rotatable bonds is 9. The van der Waals surface area contributed by atoms with Crippen LogP contribution < -0.4 is 10.5 Å². The summed E-state index contributed by atoms with van der Waals surface area (Å²) in [6, 6.07) is 5.75. The Labute approximate surface area is 134 Å². The van der Waals surface area contributed by atoms with Gasteiger partial charge in [0.1, 0.15) is 11.5 Å². The van der Waals surface area contributed by atoms with Crippen LogP contribution in [0.3, 0.4) is 0 Å². The second-order valence-corrected chi connectivity index (χ2v) is 5.77. The molecular weight excluding hydrogens is 276 g/mol. The number of hydrogen-bond acceptors (Lipinski definition) is 4. The first-order valence-electron chi connectivity index (χ1n) is 7.45. The van der Waals surface area contributed by atoms with Crippen LogP contribution in [-0.4, -0.2) is 38.4 Å². The smallest absolute Gasteiger partial charge is 0.230 e. The van der Waals surface area contributed by atoms with Crippen molar-refractivity contribution in [2.45, 2.75) is 26.3 Å². The summed E-state index contributed by atoms with van der Waals surface area (Å²) in [5.41, 5.74) is 8.95. The Balaban J connectivity index is 2.76. The van der Waals surface area contributed by atoms with Crippen LogP contribution in [0.5, 0.6) is 5.75 Å². The van der Waals surface area contributed by atoms with Crippen LogP contribution in [-0.2, 0) is 4.74 Å².